The highest BCUT2D eigenvalue weighted by atomic mass is 19.1. The first-order chi connectivity index (χ1) is 14.5. The molecule has 3 aromatic rings. The van der Waals surface area contributed by atoms with Gasteiger partial charge in [-0.3, -0.25) is 9.36 Å². The molecule has 156 valence electrons. The Hall–Kier alpha value is -3.64. The molecule has 4 rings (SSSR count). The van der Waals surface area contributed by atoms with Crippen LogP contribution in [0.1, 0.15) is 16.6 Å². The fourth-order valence-electron chi connectivity index (χ4n) is 3.21. The molecule has 0 radical (unpaired) electrons. The number of fused-ring (bicyclic) bond motifs is 1. The van der Waals surface area contributed by atoms with Gasteiger partial charge in [-0.25, -0.2) is 24.1 Å². The number of anilines is 1. The second-order valence-corrected chi connectivity index (χ2v) is 6.41. The Morgan fingerprint density at radius 2 is 2.00 bits per heavy atom. The van der Waals surface area contributed by atoms with E-state index < -0.39 is 43.3 Å². The Balaban J connectivity index is 1.67. The third-order valence-electron chi connectivity index (χ3n) is 4.58. The number of carbonyl (C=O) groups excluding carboxylic acids is 1. The summed E-state index contributed by atoms with van der Waals surface area (Å²) < 4.78 is 25.8. The summed E-state index contributed by atoms with van der Waals surface area (Å²) in [6, 6.07) is 8.45. The van der Waals surface area contributed by atoms with Gasteiger partial charge in [0, 0.05) is 5.56 Å². The fraction of sp³-hybridized carbons (Fsp3) is 0.278. The number of hydrogen-bond donors (Lipinski definition) is 3. The van der Waals surface area contributed by atoms with Gasteiger partial charge >= 0.3 is 6.16 Å². The van der Waals surface area contributed by atoms with Gasteiger partial charge in [-0.15, -0.1) is 0 Å². The summed E-state index contributed by atoms with van der Waals surface area (Å²) in [7, 11) is 0. The third-order valence-corrected chi connectivity index (χ3v) is 4.58. The van der Waals surface area contributed by atoms with Crippen LogP contribution in [-0.4, -0.2) is 66.8 Å². The number of ether oxygens (including phenoxy) is 2. The van der Waals surface area contributed by atoms with Gasteiger partial charge < -0.3 is 25.0 Å². The summed E-state index contributed by atoms with van der Waals surface area (Å²) in [5.41, 5.74) is 0.745. The van der Waals surface area contributed by atoms with Crippen molar-refractivity contribution in [3.63, 3.8) is 0 Å². The Labute approximate surface area is 168 Å². The summed E-state index contributed by atoms with van der Waals surface area (Å²) in [4.78, 5) is 35.7. The van der Waals surface area contributed by atoms with Gasteiger partial charge in [0.1, 0.15) is 12.4 Å². The van der Waals surface area contributed by atoms with Crippen LogP contribution in [-0.2, 0) is 9.47 Å². The minimum Gasteiger partial charge on any atom is -0.450 e. The topological polar surface area (TPSA) is 149 Å². The molecule has 3 heterocycles. The molecule has 1 amide bonds. The molecule has 0 spiro atoms. The van der Waals surface area contributed by atoms with Crippen LogP contribution in [0.2, 0.25) is 0 Å². The van der Waals surface area contributed by atoms with Crippen molar-refractivity contribution in [3.05, 3.63) is 48.5 Å². The van der Waals surface area contributed by atoms with Crippen molar-refractivity contribution in [2.45, 2.75) is 24.6 Å². The number of nitrogens with zero attached hydrogens (tertiary/aromatic N) is 4. The molecule has 0 unspecified atom stereocenters. The van der Waals surface area contributed by atoms with Gasteiger partial charge in [0.05, 0.1) is 12.9 Å². The molecule has 0 bridgehead atoms. The average Bonchev–Trinajstić information content (AvgIpc) is 3.30. The van der Waals surface area contributed by atoms with Gasteiger partial charge in [-0.2, -0.15) is 0 Å². The van der Waals surface area contributed by atoms with Crippen molar-refractivity contribution in [3.8, 4) is 0 Å². The van der Waals surface area contributed by atoms with Crippen LogP contribution >= 0.6 is 0 Å². The van der Waals surface area contributed by atoms with Crippen molar-refractivity contribution >= 4 is 29.0 Å². The lowest BCUT2D eigenvalue weighted by molar-refractivity contribution is -0.0582. The van der Waals surface area contributed by atoms with E-state index in [2.05, 4.69) is 25.0 Å². The van der Waals surface area contributed by atoms with Crippen molar-refractivity contribution in [1.29, 1.82) is 0 Å². The highest BCUT2D eigenvalue weighted by molar-refractivity contribution is 6.06. The molecule has 1 fully saturated rings. The molecular formula is C18H16FN5O6. The Bertz CT molecular complexity index is 1080. The lowest BCUT2D eigenvalue weighted by Gasteiger charge is -2.19. The van der Waals surface area contributed by atoms with Crippen molar-refractivity contribution in [2.75, 3.05) is 11.9 Å². The number of hydrogen-bond acceptors (Lipinski definition) is 8. The van der Waals surface area contributed by atoms with Gasteiger partial charge in [-0.1, -0.05) is 18.2 Å². The number of aromatic nitrogens is 4. The molecule has 12 heteroatoms. The predicted molar refractivity (Wildman–Crippen MR) is 98.5 cm³/mol. The second kappa shape index (κ2) is 8.00. The molecule has 1 aliphatic rings. The van der Waals surface area contributed by atoms with E-state index in [4.69, 9.17) is 9.84 Å². The molecule has 1 aliphatic heterocycles. The van der Waals surface area contributed by atoms with Gasteiger partial charge in [0.15, 0.2) is 35.5 Å². The van der Waals surface area contributed by atoms with Gasteiger partial charge in [-0.05, 0) is 12.1 Å². The van der Waals surface area contributed by atoms with Crippen LogP contribution in [0.3, 0.4) is 0 Å². The van der Waals surface area contributed by atoms with Crippen molar-refractivity contribution < 1.29 is 33.7 Å². The summed E-state index contributed by atoms with van der Waals surface area (Å²) in [5, 5.41) is 20.9. The molecule has 0 aliphatic carbocycles. The van der Waals surface area contributed by atoms with Crippen LogP contribution in [0, 0.1) is 0 Å². The molecule has 1 saturated heterocycles. The Kier molecular flexibility index (Phi) is 5.25. The highest BCUT2D eigenvalue weighted by Crippen LogP contribution is 2.35. The van der Waals surface area contributed by atoms with Crippen molar-refractivity contribution in [1.82, 2.24) is 19.5 Å². The maximum atomic E-state index is 14.5. The summed E-state index contributed by atoms with van der Waals surface area (Å²) in [5.74, 6) is -0.310. The van der Waals surface area contributed by atoms with Crippen LogP contribution < -0.4 is 5.32 Å². The summed E-state index contributed by atoms with van der Waals surface area (Å²) in [6.07, 6.45) is -5.26. The molecule has 1 aromatic carbocycles. The van der Waals surface area contributed by atoms with Crippen LogP contribution in [0.5, 0.6) is 0 Å². The van der Waals surface area contributed by atoms with Gasteiger partial charge in [0.25, 0.3) is 5.91 Å². The van der Waals surface area contributed by atoms with E-state index >= 15 is 0 Å². The van der Waals surface area contributed by atoms with Crippen LogP contribution in [0.15, 0.2) is 43.0 Å². The zero-order valence-corrected chi connectivity index (χ0v) is 15.3. The zero-order valence-electron chi connectivity index (χ0n) is 15.3. The maximum Gasteiger partial charge on any atom is 0.506 e. The molecule has 2 aromatic heterocycles. The molecule has 3 N–H and O–H groups in total. The predicted octanol–water partition coefficient (Wildman–Crippen LogP) is 1.37. The standard InChI is InChI=1S/C18H16FN5O6/c19-11-10(6-25)29-17(13(11)30-18(27)28)24-8-22-12-14(20-7-21-15(12)24)23-16(26)9-4-2-1-3-5-9/h1-5,7-8,10-11,13,17,25H,6H2,(H,27,28)(H,20,21,23,26)/t10-,11-,13-,17-/m1/s1. The minimum atomic E-state index is -1.90. The summed E-state index contributed by atoms with van der Waals surface area (Å²) >= 11 is 0. The third kappa shape index (κ3) is 3.53. The highest BCUT2D eigenvalue weighted by Gasteiger charge is 2.49. The molecule has 4 atom stereocenters. The number of alkyl halides is 1. The monoisotopic (exact) mass is 417 g/mol. The molecule has 11 nitrogen and oxygen atoms in total. The van der Waals surface area contributed by atoms with Crippen LogP contribution in [0.25, 0.3) is 11.2 Å². The number of aliphatic hydroxyl groups is 1. The van der Waals surface area contributed by atoms with E-state index in [1.165, 1.54) is 17.2 Å². The lowest BCUT2D eigenvalue weighted by Crippen LogP contribution is -2.33. The van der Waals surface area contributed by atoms with Crippen molar-refractivity contribution in [2.24, 2.45) is 0 Å². The number of benzene rings is 1. The number of imidazole rings is 1. The fourth-order valence-corrected chi connectivity index (χ4v) is 3.21. The number of carbonyl (C=O) groups is 2. The maximum absolute atomic E-state index is 14.5. The zero-order chi connectivity index (χ0) is 21.3. The number of nitrogens with one attached hydrogen (secondary N) is 1. The largest absolute Gasteiger partial charge is 0.506 e. The van der Waals surface area contributed by atoms with E-state index in [0.717, 1.165) is 0 Å². The normalized spacial score (nSPS) is 23.4. The van der Waals surface area contributed by atoms with E-state index in [-0.39, 0.29) is 17.0 Å². The van der Waals surface area contributed by atoms with Crippen LogP contribution in [0.4, 0.5) is 15.0 Å². The first-order valence-corrected chi connectivity index (χ1v) is 8.83. The first-order valence-electron chi connectivity index (χ1n) is 8.83. The smallest absolute Gasteiger partial charge is 0.450 e. The quantitative estimate of drug-likeness (QED) is 0.523. The number of rotatable bonds is 5. The summed E-state index contributed by atoms with van der Waals surface area (Å²) in [6.45, 7) is -0.670. The number of carboxylic acid groups (broad SMARTS) is 1. The lowest BCUT2D eigenvalue weighted by atomic mass is 10.1. The van der Waals surface area contributed by atoms with E-state index in [0.29, 0.717) is 5.56 Å². The Morgan fingerprint density at radius 3 is 2.70 bits per heavy atom. The first kappa shape index (κ1) is 19.7. The molecular weight excluding hydrogens is 401 g/mol. The molecule has 30 heavy (non-hydrogen) atoms. The Morgan fingerprint density at radius 1 is 1.23 bits per heavy atom. The minimum absolute atomic E-state index is 0.108. The molecule has 0 saturated carbocycles. The number of amides is 1. The van der Waals surface area contributed by atoms with Gasteiger partial charge in [0.2, 0.25) is 0 Å². The van der Waals surface area contributed by atoms with E-state index in [1.807, 2.05) is 0 Å². The van der Waals surface area contributed by atoms with E-state index in [9.17, 15) is 19.1 Å². The number of halogens is 1. The second-order valence-electron chi connectivity index (χ2n) is 6.41. The SMILES string of the molecule is O=C(O)O[C@@H]1[C@H](F)[C@@H](CO)O[C@H]1n1cnc2c(NC(=O)c3ccccc3)ncnc21. The number of aliphatic hydroxyl groups excluding tert-OH is 1. The van der Waals surface area contributed by atoms with E-state index in [1.54, 1.807) is 30.3 Å². The average molecular weight is 417 g/mol.